The topological polar surface area (TPSA) is 51.8 Å². The number of nitrogen functional groups attached to an aromatic ring is 1. The fourth-order valence-corrected chi connectivity index (χ4v) is 3.40. The predicted octanol–water partition coefficient (Wildman–Crippen LogP) is 3.27. The minimum atomic E-state index is -0.399. The van der Waals surface area contributed by atoms with Crippen molar-refractivity contribution in [2.45, 2.75) is 30.8 Å². The van der Waals surface area contributed by atoms with Gasteiger partial charge in [0.2, 0.25) is 0 Å². The van der Waals surface area contributed by atoms with Gasteiger partial charge in [-0.15, -0.1) is 0 Å². The number of hydrogen-bond donors (Lipinski definition) is 1. The zero-order valence-electron chi connectivity index (χ0n) is 11.5. The van der Waals surface area contributed by atoms with E-state index in [0.717, 1.165) is 28.3 Å². The molecule has 0 saturated heterocycles. The van der Waals surface area contributed by atoms with Gasteiger partial charge in [-0.1, -0.05) is 12.1 Å². The lowest BCUT2D eigenvalue weighted by atomic mass is 9.83. The Kier molecular flexibility index (Phi) is 3.17. The van der Waals surface area contributed by atoms with Crippen LogP contribution in [-0.2, 0) is 16.9 Å². The highest BCUT2D eigenvalue weighted by Gasteiger charge is 2.29. The van der Waals surface area contributed by atoms with Crippen LogP contribution in [0.15, 0.2) is 24.3 Å². The van der Waals surface area contributed by atoms with E-state index >= 15 is 0 Å². The summed E-state index contributed by atoms with van der Waals surface area (Å²) in [5.41, 5.74) is 8.72. The Balaban J connectivity index is 2.07. The average molecular weight is 289 g/mol. The predicted molar refractivity (Wildman–Crippen MR) is 80.0 cm³/mol. The molecule has 0 unspecified atom stereocenters. The van der Waals surface area contributed by atoms with Crippen LogP contribution in [0.2, 0.25) is 0 Å². The summed E-state index contributed by atoms with van der Waals surface area (Å²) in [5.74, 6) is 2.80. The molecule has 3 rings (SSSR count). The summed E-state index contributed by atoms with van der Waals surface area (Å²) in [7, 11) is 0. The summed E-state index contributed by atoms with van der Waals surface area (Å²) < 4.78 is 13.1. The quantitative estimate of drug-likeness (QED) is 0.922. The summed E-state index contributed by atoms with van der Waals surface area (Å²) in [6.07, 6.45) is 0. The Morgan fingerprint density at radius 1 is 1.15 bits per heavy atom. The molecule has 0 spiro atoms. The smallest absolute Gasteiger partial charge is 0.141 e. The number of anilines is 1. The lowest BCUT2D eigenvalue weighted by molar-refractivity contribution is 0.581. The summed E-state index contributed by atoms with van der Waals surface area (Å²) in [5, 5.41) is 0. The van der Waals surface area contributed by atoms with E-state index in [2.05, 4.69) is 9.97 Å². The highest BCUT2D eigenvalue weighted by Crippen LogP contribution is 2.35. The largest absolute Gasteiger partial charge is 0.383 e. The van der Waals surface area contributed by atoms with E-state index in [1.54, 1.807) is 23.9 Å². The minimum Gasteiger partial charge on any atom is -0.383 e. The first-order valence-corrected chi connectivity index (χ1v) is 7.63. The number of benzene rings is 1. The van der Waals surface area contributed by atoms with Gasteiger partial charge in [0.25, 0.3) is 0 Å². The van der Waals surface area contributed by atoms with Crippen LogP contribution in [0.3, 0.4) is 0 Å². The van der Waals surface area contributed by atoms with Gasteiger partial charge in [-0.05, 0) is 31.5 Å². The van der Waals surface area contributed by atoms with Crippen LogP contribution in [0.1, 0.15) is 36.5 Å². The number of rotatable bonds is 2. The zero-order valence-corrected chi connectivity index (χ0v) is 12.3. The molecule has 2 aromatic rings. The molecule has 104 valence electrons. The van der Waals surface area contributed by atoms with Crippen LogP contribution in [0.25, 0.3) is 0 Å². The molecular formula is C15H16FN3S. The fraction of sp³-hybridized carbons (Fsp3) is 0.333. The molecule has 0 saturated carbocycles. The highest BCUT2D eigenvalue weighted by atomic mass is 32.2. The molecule has 20 heavy (non-hydrogen) atoms. The SMILES string of the molecule is CC(C)(c1ccc(F)cc1)c1nc(N)c2c(n1)CSC2. The Bertz CT molecular complexity index is 653. The number of nitrogens with zero attached hydrogens (tertiary/aromatic N) is 2. The van der Waals surface area contributed by atoms with Crippen molar-refractivity contribution >= 4 is 17.6 Å². The molecule has 2 N–H and O–H groups in total. The molecule has 2 heterocycles. The minimum absolute atomic E-state index is 0.240. The molecule has 3 nitrogen and oxygen atoms in total. The van der Waals surface area contributed by atoms with Gasteiger partial charge in [0.05, 0.1) is 5.69 Å². The summed E-state index contributed by atoms with van der Waals surface area (Å²) >= 11 is 1.80. The van der Waals surface area contributed by atoms with Gasteiger partial charge in [0.1, 0.15) is 17.5 Å². The van der Waals surface area contributed by atoms with Gasteiger partial charge in [0.15, 0.2) is 0 Å². The molecule has 1 aliphatic heterocycles. The Labute approximate surface area is 121 Å². The van der Waals surface area contributed by atoms with Gasteiger partial charge < -0.3 is 5.73 Å². The van der Waals surface area contributed by atoms with Crippen LogP contribution in [0.4, 0.5) is 10.2 Å². The van der Waals surface area contributed by atoms with E-state index in [9.17, 15) is 4.39 Å². The standard InChI is InChI=1S/C15H16FN3S/c1-15(2,9-3-5-10(16)6-4-9)14-18-12-8-20-7-11(12)13(17)19-14/h3-6H,7-8H2,1-2H3,(H2,17,18,19). The Morgan fingerprint density at radius 3 is 2.55 bits per heavy atom. The Morgan fingerprint density at radius 2 is 1.85 bits per heavy atom. The molecule has 0 aliphatic carbocycles. The molecule has 1 aromatic carbocycles. The molecule has 0 radical (unpaired) electrons. The molecule has 0 fully saturated rings. The van der Waals surface area contributed by atoms with Gasteiger partial charge in [-0.2, -0.15) is 11.8 Å². The van der Waals surface area contributed by atoms with Crippen molar-refractivity contribution in [3.8, 4) is 0 Å². The number of fused-ring (bicyclic) bond motifs is 1. The maximum absolute atomic E-state index is 13.1. The second-order valence-corrected chi connectivity index (χ2v) is 6.47. The van der Waals surface area contributed by atoms with E-state index in [-0.39, 0.29) is 5.82 Å². The Hall–Kier alpha value is -1.62. The third-order valence-corrected chi connectivity index (χ3v) is 4.71. The molecule has 1 aliphatic rings. The molecular weight excluding hydrogens is 273 g/mol. The van der Waals surface area contributed by atoms with Crippen molar-refractivity contribution in [2.24, 2.45) is 0 Å². The van der Waals surface area contributed by atoms with Crippen LogP contribution >= 0.6 is 11.8 Å². The monoisotopic (exact) mass is 289 g/mol. The number of aromatic nitrogens is 2. The summed E-state index contributed by atoms with van der Waals surface area (Å²) in [6, 6.07) is 6.47. The average Bonchev–Trinajstić information content (AvgIpc) is 2.88. The van der Waals surface area contributed by atoms with E-state index in [1.165, 1.54) is 12.1 Å². The zero-order chi connectivity index (χ0) is 14.3. The van der Waals surface area contributed by atoms with Crippen molar-refractivity contribution < 1.29 is 4.39 Å². The van der Waals surface area contributed by atoms with Crippen molar-refractivity contribution in [1.29, 1.82) is 0 Å². The summed E-state index contributed by atoms with van der Waals surface area (Å²) in [4.78, 5) is 9.15. The molecule has 0 amide bonds. The van der Waals surface area contributed by atoms with Crippen molar-refractivity contribution in [2.75, 3.05) is 5.73 Å². The van der Waals surface area contributed by atoms with Gasteiger partial charge >= 0.3 is 0 Å². The third kappa shape index (κ3) is 2.16. The van der Waals surface area contributed by atoms with Crippen LogP contribution < -0.4 is 5.73 Å². The second-order valence-electron chi connectivity index (χ2n) is 5.48. The number of hydrogen-bond acceptors (Lipinski definition) is 4. The lowest BCUT2D eigenvalue weighted by Gasteiger charge is -2.24. The van der Waals surface area contributed by atoms with E-state index < -0.39 is 5.41 Å². The van der Waals surface area contributed by atoms with Gasteiger partial charge in [0, 0.05) is 22.5 Å². The summed E-state index contributed by atoms with van der Waals surface area (Å²) in [6.45, 7) is 4.06. The van der Waals surface area contributed by atoms with Gasteiger partial charge in [-0.25, -0.2) is 14.4 Å². The van der Waals surface area contributed by atoms with E-state index in [4.69, 9.17) is 5.73 Å². The number of thioether (sulfide) groups is 1. The number of halogens is 1. The number of nitrogens with two attached hydrogens (primary N) is 1. The molecule has 1 aromatic heterocycles. The van der Waals surface area contributed by atoms with E-state index in [0.29, 0.717) is 11.6 Å². The normalized spacial score (nSPS) is 14.3. The maximum atomic E-state index is 13.1. The van der Waals surface area contributed by atoms with Crippen LogP contribution in [0.5, 0.6) is 0 Å². The van der Waals surface area contributed by atoms with Crippen LogP contribution in [0, 0.1) is 5.82 Å². The first-order chi connectivity index (χ1) is 9.48. The van der Waals surface area contributed by atoms with Crippen molar-refractivity contribution in [3.63, 3.8) is 0 Å². The van der Waals surface area contributed by atoms with Crippen molar-refractivity contribution in [1.82, 2.24) is 9.97 Å². The van der Waals surface area contributed by atoms with Gasteiger partial charge in [-0.3, -0.25) is 0 Å². The fourth-order valence-electron chi connectivity index (χ4n) is 2.35. The third-order valence-electron chi connectivity index (χ3n) is 3.73. The van der Waals surface area contributed by atoms with Crippen molar-refractivity contribution in [3.05, 3.63) is 52.7 Å². The lowest BCUT2D eigenvalue weighted by Crippen LogP contribution is -2.24. The molecule has 5 heteroatoms. The maximum Gasteiger partial charge on any atom is 0.141 e. The van der Waals surface area contributed by atoms with E-state index in [1.807, 2.05) is 13.8 Å². The highest BCUT2D eigenvalue weighted by molar-refractivity contribution is 7.98. The first kappa shape index (κ1) is 13.4. The molecule has 0 bridgehead atoms. The second kappa shape index (κ2) is 4.74. The van der Waals surface area contributed by atoms with Crippen LogP contribution in [-0.4, -0.2) is 9.97 Å². The first-order valence-electron chi connectivity index (χ1n) is 6.48. The molecule has 0 atom stereocenters.